The largest absolute Gasteiger partial charge is 0.618 e. The van der Waals surface area contributed by atoms with E-state index in [1.807, 2.05) is 54.6 Å². The zero-order valence-electron chi connectivity index (χ0n) is 12.3. The lowest BCUT2D eigenvalue weighted by molar-refractivity contribution is -0.592. The van der Waals surface area contributed by atoms with Crippen molar-refractivity contribution in [3.05, 3.63) is 83.7 Å². The monoisotopic (exact) mass is 299 g/mol. The molecule has 0 saturated heterocycles. The second-order valence-corrected chi connectivity index (χ2v) is 5.45. The molecule has 3 aromatic carbocycles. The number of carbonyl (C=O) groups excluding carboxylic acids is 1. The number of benzene rings is 3. The third-order valence-corrected chi connectivity index (χ3v) is 4.15. The first-order valence-corrected chi connectivity index (χ1v) is 7.38. The fourth-order valence-corrected chi connectivity index (χ4v) is 3.10. The van der Waals surface area contributed by atoms with Crippen molar-refractivity contribution in [2.24, 2.45) is 0 Å². The lowest BCUT2D eigenvalue weighted by Gasteiger charge is -2.12. The molecule has 1 heterocycles. The molecule has 0 atom stereocenters. The molecule has 3 heteroatoms. The molecule has 23 heavy (non-hydrogen) atoms. The summed E-state index contributed by atoms with van der Waals surface area (Å²) in [7, 11) is 0. The van der Waals surface area contributed by atoms with E-state index >= 15 is 0 Å². The molecule has 0 saturated carbocycles. The molecule has 0 fully saturated rings. The van der Waals surface area contributed by atoms with Crippen molar-refractivity contribution in [2.75, 3.05) is 0 Å². The Balaban J connectivity index is 2.23. The molecule has 0 amide bonds. The number of fused-ring (bicyclic) bond motifs is 2. The lowest BCUT2D eigenvalue weighted by atomic mass is 9.94. The Kier molecular flexibility index (Phi) is 3.05. The zero-order chi connectivity index (χ0) is 15.8. The summed E-state index contributed by atoms with van der Waals surface area (Å²) in [6.45, 7) is 0. The highest BCUT2D eigenvalue weighted by molar-refractivity contribution is 6.08. The highest BCUT2D eigenvalue weighted by Crippen LogP contribution is 2.33. The van der Waals surface area contributed by atoms with E-state index in [4.69, 9.17) is 0 Å². The first-order valence-electron chi connectivity index (χ1n) is 7.38. The molecular formula is C20H13NO2. The topological polar surface area (TPSA) is 44.0 Å². The quantitative estimate of drug-likeness (QED) is 0.318. The van der Waals surface area contributed by atoms with Crippen LogP contribution >= 0.6 is 0 Å². The Morgan fingerprint density at radius 2 is 1.43 bits per heavy atom. The Hall–Kier alpha value is -3.20. The van der Waals surface area contributed by atoms with Crippen LogP contribution in [-0.2, 0) is 0 Å². The molecule has 110 valence electrons. The van der Waals surface area contributed by atoms with Crippen molar-refractivity contribution in [3.8, 4) is 11.3 Å². The predicted molar refractivity (Wildman–Crippen MR) is 91.2 cm³/mol. The number of aldehydes is 1. The van der Waals surface area contributed by atoms with Gasteiger partial charge in [0.2, 0.25) is 5.69 Å². The summed E-state index contributed by atoms with van der Waals surface area (Å²) >= 11 is 0. The van der Waals surface area contributed by atoms with E-state index in [9.17, 15) is 10.0 Å². The number of aromatic nitrogens is 1. The van der Waals surface area contributed by atoms with Gasteiger partial charge in [-0.3, -0.25) is 4.79 Å². The van der Waals surface area contributed by atoms with E-state index in [1.165, 1.54) is 6.20 Å². The highest BCUT2D eigenvalue weighted by atomic mass is 16.5. The maximum atomic E-state index is 12.5. The molecular weight excluding hydrogens is 286 g/mol. The highest BCUT2D eigenvalue weighted by Gasteiger charge is 2.20. The molecule has 0 unspecified atom stereocenters. The third-order valence-electron chi connectivity index (χ3n) is 4.15. The van der Waals surface area contributed by atoms with Gasteiger partial charge in [0.15, 0.2) is 12.5 Å². The van der Waals surface area contributed by atoms with Crippen LogP contribution in [0.5, 0.6) is 0 Å². The Labute approximate surface area is 133 Å². The molecule has 4 aromatic rings. The molecule has 0 bridgehead atoms. The fraction of sp³-hybridized carbons (Fsp3) is 0. The van der Waals surface area contributed by atoms with E-state index < -0.39 is 0 Å². The summed E-state index contributed by atoms with van der Waals surface area (Å²) in [4.78, 5) is 11.6. The van der Waals surface area contributed by atoms with Crippen molar-refractivity contribution in [2.45, 2.75) is 0 Å². The van der Waals surface area contributed by atoms with Crippen molar-refractivity contribution >= 4 is 27.8 Å². The van der Waals surface area contributed by atoms with Gasteiger partial charge in [0.05, 0.1) is 10.9 Å². The van der Waals surface area contributed by atoms with E-state index in [-0.39, 0.29) is 0 Å². The average Bonchev–Trinajstić information content (AvgIpc) is 2.61. The first kappa shape index (κ1) is 13.5. The molecule has 0 N–H and O–H groups in total. The molecule has 0 aliphatic heterocycles. The van der Waals surface area contributed by atoms with Crippen LogP contribution in [0.1, 0.15) is 10.4 Å². The number of rotatable bonds is 2. The molecule has 0 aliphatic rings. The minimum atomic E-state index is 0.516. The normalized spacial score (nSPS) is 11.0. The number of pyridine rings is 1. The standard InChI is InChI=1S/C20H13NO2/c22-13-16-10-9-14-5-1-3-7-17(14)19(16)20-18-8-4-2-6-15(18)11-12-21(20)23/h1-13H. The van der Waals surface area contributed by atoms with E-state index in [1.54, 1.807) is 12.1 Å². The first-order chi connectivity index (χ1) is 11.3. The summed E-state index contributed by atoms with van der Waals surface area (Å²) in [5.41, 5.74) is 1.72. The van der Waals surface area contributed by atoms with E-state index in [2.05, 4.69) is 0 Å². The van der Waals surface area contributed by atoms with Crippen LogP contribution in [0.15, 0.2) is 72.9 Å². The summed E-state index contributed by atoms with van der Waals surface area (Å²) in [6, 6.07) is 21.0. The van der Waals surface area contributed by atoms with Gasteiger partial charge in [-0.1, -0.05) is 54.6 Å². The molecule has 4 rings (SSSR count). The van der Waals surface area contributed by atoms with Crippen LogP contribution in [0.3, 0.4) is 0 Å². The van der Waals surface area contributed by atoms with Gasteiger partial charge >= 0.3 is 0 Å². The smallest absolute Gasteiger partial charge is 0.233 e. The second-order valence-electron chi connectivity index (χ2n) is 5.45. The second kappa shape index (κ2) is 5.21. The Morgan fingerprint density at radius 1 is 0.783 bits per heavy atom. The van der Waals surface area contributed by atoms with Crippen LogP contribution in [0.4, 0.5) is 0 Å². The summed E-state index contributed by atoms with van der Waals surface area (Å²) in [5.74, 6) is 0. The van der Waals surface area contributed by atoms with Gasteiger partial charge in [0.1, 0.15) is 0 Å². The maximum Gasteiger partial charge on any atom is 0.233 e. The zero-order valence-corrected chi connectivity index (χ0v) is 12.3. The Morgan fingerprint density at radius 3 is 2.17 bits per heavy atom. The van der Waals surface area contributed by atoms with Gasteiger partial charge in [-0.2, -0.15) is 4.73 Å². The van der Waals surface area contributed by atoms with Crippen molar-refractivity contribution < 1.29 is 9.52 Å². The van der Waals surface area contributed by atoms with E-state index in [0.717, 1.165) is 32.6 Å². The number of nitrogens with zero attached hydrogens (tertiary/aromatic N) is 1. The van der Waals surface area contributed by atoms with Crippen LogP contribution in [0.25, 0.3) is 32.8 Å². The van der Waals surface area contributed by atoms with Gasteiger partial charge in [0, 0.05) is 11.6 Å². The molecule has 0 radical (unpaired) electrons. The van der Waals surface area contributed by atoms with Crippen LogP contribution in [0.2, 0.25) is 0 Å². The van der Waals surface area contributed by atoms with Crippen molar-refractivity contribution in [3.63, 3.8) is 0 Å². The van der Waals surface area contributed by atoms with Gasteiger partial charge in [-0.15, -0.1) is 0 Å². The summed E-state index contributed by atoms with van der Waals surface area (Å²) in [5, 5.41) is 16.3. The van der Waals surface area contributed by atoms with Gasteiger partial charge in [-0.25, -0.2) is 0 Å². The number of hydrogen-bond acceptors (Lipinski definition) is 2. The maximum absolute atomic E-state index is 12.5. The van der Waals surface area contributed by atoms with Crippen molar-refractivity contribution in [1.82, 2.24) is 0 Å². The van der Waals surface area contributed by atoms with Crippen LogP contribution in [-0.4, -0.2) is 6.29 Å². The number of hydrogen-bond donors (Lipinski definition) is 0. The fourth-order valence-electron chi connectivity index (χ4n) is 3.10. The van der Waals surface area contributed by atoms with Gasteiger partial charge in [0.25, 0.3) is 0 Å². The SMILES string of the molecule is O=Cc1ccc2ccccc2c1-c1c2ccccc2cc[n+]1[O-]. The minimum absolute atomic E-state index is 0.516. The number of carbonyl (C=O) groups is 1. The van der Waals surface area contributed by atoms with Crippen LogP contribution in [0, 0.1) is 5.21 Å². The average molecular weight is 299 g/mol. The van der Waals surface area contributed by atoms with Gasteiger partial charge < -0.3 is 5.21 Å². The molecule has 0 spiro atoms. The molecule has 3 nitrogen and oxygen atoms in total. The van der Waals surface area contributed by atoms with E-state index in [0.29, 0.717) is 16.8 Å². The predicted octanol–water partition coefficient (Wildman–Crippen LogP) is 4.11. The van der Waals surface area contributed by atoms with Gasteiger partial charge in [-0.05, 0) is 22.2 Å². The third kappa shape index (κ3) is 2.06. The summed E-state index contributed by atoms with van der Waals surface area (Å²) in [6.07, 6.45) is 2.30. The minimum Gasteiger partial charge on any atom is -0.618 e. The molecule has 0 aliphatic carbocycles. The molecule has 1 aromatic heterocycles. The Bertz CT molecular complexity index is 1050. The lowest BCUT2D eigenvalue weighted by Crippen LogP contribution is -2.29. The van der Waals surface area contributed by atoms with Crippen molar-refractivity contribution in [1.29, 1.82) is 0 Å². The van der Waals surface area contributed by atoms with Crippen LogP contribution < -0.4 is 4.73 Å². The summed E-state index contributed by atoms with van der Waals surface area (Å²) < 4.78 is 0.844.